The van der Waals surface area contributed by atoms with Crippen molar-refractivity contribution in [2.75, 3.05) is 13.1 Å². The fourth-order valence-electron chi connectivity index (χ4n) is 4.23. The predicted octanol–water partition coefficient (Wildman–Crippen LogP) is 1.43. The van der Waals surface area contributed by atoms with Gasteiger partial charge in [0.05, 0.1) is 0 Å². The lowest BCUT2D eigenvalue weighted by molar-refractivity contribution is 0.0832. The lowest BCUT2D eigenvalue weighted by Gasteiger charge is -2.45. The third kappa shape index (κ3) is 1.35. The van der Waals surface area contributed by atoms with Crippen LogP contribution in [0.4, 0.5) is 0 Å². The molecule has 4 heterocycles. The summed E-state index contributed by atoms with van der Waals surface area (Å²) in [5.41, 5.74) is 1.47. The Hall–Kier alpha value is -1.09. The molecule has 1 aromatic rings. The molecule has 3 aliphatic heterocycles. The Morgan fingerprint density at radius 3 is 3.12 bits per heavy atom. The molecule has 0 aliphatic carbocycles. The fourth-order valence-corrected chi connectivity index (χ4v) is 4.23. The summed E-state index contributed by atoms with van der Waals surface area (Å²) in [6, 6.07) is 6.53. The topological polar surface area (TPSA) is 25.2 Å². The van der Waals surface area contributed by atoms with Crippen LogP contribution in [0.3, 0.4) is 0 Å². The summed E-state index contributed by atoms with van der Waals surface area (Å²) in [5, 5.41) is 0. The van der Waals surface area contributed by atoms with E-state index in [4.69, 9.17) is 0 Å². The van der Waals surface area contributed by atoms with Gasteiger partial charge in [0.1, 0.15) is 0 Å². The van der Waals surface area contributed by atoms with Gasteiger partial charge in [0, 0.05) is 36.8 Å². The van der Waals surface area contributed by atoms with Gasteiger partial charge in [-0.15, -0.1) is 0 Å². The zero-order chi connectivity index (χ0) is 11.4. The van der Waals surface area contributed by atoms with Crippen molar-refractivity contribution in [1.82, 2.24) is 9.47 Å². The minimum atomic E-state index is 0.198. The van der Waals surface area contributed by atoms with Crippen LogP contribution < -0.4 is 5.56 Å². The highest BCUT2D eigenvalue weighted by molar-refractivity contribution is 5.18. The number of nitrogens with zero attached hydrogens (tertiary/aromatic N) is 2. The highest BCUT2D eigenvalue weighted by atomic mass is 16.1. The van der Waals surface area contributed by atoms with E-state index >= 15 is 0 Å². The molecule has 3 atom stereocenters. The van der Waals surface area contributed by atoms with Crippen molar-refractivity contribution in [3.63, 3.8) is 0 Å². The summed E-state index contributed by atoms with van der Waals surface area (Å²) in [6.07, 6.45) is 3.98. The molecule has 3 heteroatoms. The van der Waals surface area contributed by atoms with Crippen LogP contribution in [0.1, 0.15) is 30.9 Å². The molecule has 4 rings (SSSR count). The number of piperidine rings is 1. The molecule has 0 unspecified atom stereocenters. The number of pyridine rings is 1. The summed E-state index contributed by atoms with van der Waals surface area (Å²) in [6.45, 7) is 3.39. The molecule has 2 saturated heterocycles. The van der Waals surface area contributed by atoms with Gasteiger partial charge in [-0.25, -0.2) is 0 Å². The largest absolute Gasteiger partial charge is 0.312 e. The van der Waals surface area contributed by atoms with Crippen LogP contribution >= 0.6 is 0 Å². The van der Waals surface area contributed by atoms with E-state index in [1.807, 2.05) is 10.6 Å². The van der Waals surface area contributed by atoms with E-state index in [9.17, 15) is 4.79 Å². The highest BCUT2D eigenvalue weighted by Crippen LogP contribution is 2.41. The van der Waals surface area contributed by atoms with E-state index in [1.54, 1.807) is 6.07 Å². The molecule has 0 radical (unpaired) electrons. The average molecular weight is 230 g/mol. The number of aromatic nitrogens is 1. The van der Waals surface area contributed by atoms with Gasteiger partial charge in [-0.3, -0.25) is 9.69 Å². The molecule has 17 heavy (non-hydrogen) atoms. The first-order valence-corrected chi connectivity index (χ1v) is 6.77. The van der Waals surface area contributed by atoms with Crippen LogP contribution in [0.25, 0.3) is 0 Å². The monoisotopic (exact) mass is 230 g/mol. The quantitative estimate of drug-likeness (QED) is 0.673. The van der Waals surface area contributed by atoms with Gasteiger partial charge in [-0.05, 0) is 37.8 Å². The molecule has 0 spiro atoms. The van der Waals surface area contributed by atoms with Crippen molar-refractivity contribution in [1.29, 1.82) is 0 Å². The Kier molecular flexibility index (Phi) is 2.01. The Morgan fingerprint density at radius 1 is 1.24 bits per heavy atom. The van der Waals surface area contributed by atoms with E-state index in [0.717, 1.165) is 12.6 Å². The maximum absolute atomic E-state index is 11.9. The molecular formula is C14H18N2O. The summed E-state index contributed by atoms with van der Waals surface area (Å²) in [4.78, 5) is 14.6. The zero-order valence-corrected chi connectivity index (χ0v) is 10.0. The van der Waals surface area contributed by atoms with Gasteiger partial charge in [0.15, 0.2) is 0 Å². The normalized spacial score (nSPS) is 35.4. The van der Waals surface area contributed by atoms with E-state index in [0.29, 0.717) is 11.8 Å². The third-order valence-electron chi connectivity index (χ3n) is 4.92. The minimum Gasteiger partial charge on any atom is -0.312 e. The van der Waals surface area contributed by atoms with Crippen molar-refractivity contribution in [2.24, 2.45) is 5.92 Å². The molecule has 1 aromatic heterocycles. The van der Waals surface area contributed by atoms with Crippen LogP contribution in [0, 0.1) is 5.92 Å². The number of hydrogen-bond acceptors (Lipinski definition) is 2. The van der Waals surface area contributed by atoms with Crippen LogP contribution in [0.2, 0.25) is 0 Å². The molecule has 3 aliphatic rings. The molecule has 2 fully saturated rings. The fraction of sp³-hybridized carbons (Fsp3) is 0.643. The maximum Gasteiger partial charge on any atom is 0.250 e. The zero-order valence-electron chi connectivity index (χ0n) is 10.0. The van der Waals surface area contributed by atoms with Gasteiger partial charge < -0.3 is 4.57 Å². The Morgan fingerprint density at radius 2 is 2.18 bits per heavy atom. The number of hydrogen-bond donors (Lipinski definition) is 0. The lowest BCUT2D eigenvalue weighted by Crippen LogP contribution is -2.50. The molecule has 0 N–H and O–H groups in total. The molecule has 0 aromatic carbocycles. The van der Waals surface area contributed by atoms with Gasteiger partial charge in [-0.1, -0.05) is 6.07 Å². The molecule has 0 amide bonds. The van der Waals surface area contributed by atoms with Crippen molar-refractivity contribution in [3.8, 4) is 0 Å². The summed E-state index contributed by atoms with van der Waals surface area (Å²) < 4.78 is 2.04. The van der Waals surface area contributed by atoms with E-state index in [-0.39, 0.29) is 5.56 Å². The molecular weight excluding hydrogens is 212 g/mol. The summed E-state index contributed by atoms with van der Waals surface area (Å²) >= 11 is 0. The highest BCUT2D eigenvalue weighted by Gasteiger charge is 2.42. The molecule has 90 valence electrons. The molecule has 3 nitrogen and oxygen atoms in total. The molecule has 2 bridgehead atoms. The molecule has 0 saturated carbocycles. The Labute approximate surface area is 101 Å². The first-order chi connectivity index (χ1) is 8.33. The summed E-state index contributed by atoms with van der Waals surface area (Å²) in [5.74, 6) is 1.31. The van der Waals surface area contributed by atoms with E-state index < -0.39 is 0 Å². The first kappa shape index (κ1) is 9.89. The Balaban J connectivity index is 1.81. The standard InChI is InChI=1S/C14H18N2O/c17-14-5-1-3-13-10-7-11(9-16(13)14)12-4-2-6-15(12)8-10/h1,3,5,10-12H,2,4,6-9H2/t10-,11-,12+/m0/s1. The lowest BCUT2D eigenvalue weighted by atomic mass is 9.78. The van der Waals surface area contributed by atoms with Crippen molar-refractivity contribution >= 4 is 0 Å². The smallest absolute Gasteiger partial charge is 0.250 e. The van der Waals surface area contributed by atoms with Gasteiger partial charge >= 0.3 is 0 Å². The van der Waals surface area contributed by atoms with Crippen molar-refractivity contribution in [2.45, 2.75) is 37.8 Å². The Bertz CT molecular complexity index is 507. The minimum absolute atomic E-state index is 0.198. The second kappa shape index (κ2) is 3.45. The van der Waals surface area contributed by atoms with E-state index in [2.05, 4.69) is 11.0 Å². The van der Waals surface area contributed by atoms with Crippen LogP contribution in [0.15, 0.2) is 23.0 Å². The number of rotatable bonds is 0. The second-order valence-corrected chi connectivity index (χ2v) is 5.80. The third-order valence-corrected chi connectivity index (χ3v) is 4.92. The van der Waals surface area contributed by atoms with Crippen molar-refractivity contribution < 1.29 is 0 Å². The van der Waals surface area contributed by atoms with Crippen LogP contribution in [-0.2, 0) is 6.54 Å². The van der Waals surface area contributed by atoms with Gasteiger partial charge in [0.2, 0.25) is 0 Å². The average Bonchev–Trinajstić information content (AvgIpc) is 2.79. The number of fused-ring (bicyclic) bond motifs is 6. The predicted molar refractivity (Wildman–Crippen MR) is 66.1 cm³/mol. The summed E-state index contributed by atoms with van der Waals surface area (Å²) in [7, 11) is 0. The van der Waals surface area contributed by atoms with Gasteiger partial charge in [0.25, 0.3) is 5.56 Å². The maximum atomic E-state index is 11.9. The SMILES string of the molecule is O=c1cccc2n1C[C@@H]1C[C@H]2CN2CCC[C@H]12. The van der Waals surface area contributed by atoms with E-state index in [1.165, 1.54) is 38.0 Å². The van der Waals surface area contributed by atoms with Crippen LogP contribution in [0.5, 0.6) is 0 Å². The van der Waals surface area contributed by atoms with Crippen LogP contribution in [-0.4, -0.2) is 28.6 Å². The second-order valence-electron chi connectivity index (χ2n) is 5.80. The first-order valence-electron chi connectivity index (χ1n) is 6.77. The van der Waals surface area contributed by atoms with Crippen molar-refractivity contribution in [3.05, 3.63) is 34.2 Å². The van der Waals surface area contributed by atoms with Gasteiger partial charge in [-0.2, -0.15) is 0 Å².